The number of hydrogen-bond donors (Lipinski definition) is 1. The van der Waals surface area contributed by atoms with Crippen molar-refractivity contribution in [2.45, 2.75) is 44.2 Å². The topological polar surface area (TPSA) is 86.8 Å². The maximum Gasteiger partial charge on any atom is 0.243 e. The molecule has 0 aromatic heterocycles. The standard InChI is InChI=1S/C23H30ClN3O4S/c1-4-15-25-23(29)21(5-2)27(16-18-9-7-6-8-10-18)22(28)17-26(3)32(30,31)20-13-11-19(24)12-14-20/h6-14,21H,4-5,15-17H2,1-3H3,(H,25,29)/t21-/m1/s1. The average Bonchev–Trinajstić information content (AvgIpc) is 2.78. The van der Waals surface area contributed by atoms with E-state index in [2.05, 4.69) is 5.32 Å². The average molecular weight is 480 g/mol. The molecule has 0 aliphatic carbocycles. The Kier molecular flexibility index (Phi) is 9.68. The lowest BCUT2D eigenvalue weighted by Crippen LogP contribution is -2.51. The molecule has 0 spiro atoms. The Morgan fingerprint density at radius 2 is 1.66 bits per heavy atom. The lowest BCUT2D eigenvalue weighted by Gasteiger charge is -2.32. The number of sulfonamides is 1. The van der Waals surface area contributed by atoms with Gasteiger partial charge in [0.2, 0.25) is 21.8 Å². The summed E-state index contributed by atoms with van der Waals surface area (Å²) >= 11 is 5.85. The number of carbonyl (C=O) groups excluding carboxylic acids is 2. The van der Waals surface area contributed by atoms with Crippen LogP contribution in [0.1, 0.15) is 32.3 Å². The summed E-state index contributed by atoms with van der Waals surface area (Å²) in [5.41, 5.74) is 0.853. The van der Waals surface area contributed by atoms with Gasteiger partial charge in [0.05, 0.1) is 11.4 Å². The number of nitrogens with one attached hydrogen (secondary N) is 1. The molecule has 1 N–H and O–H groups in total. The SMILES string of the molecule is CCCNC(=O)[C@@H](CC)N(Cc1ccccc1)C(=O)CN(C)S(=O)(=O)c1ccc(Cl)cc1. The van der Waals surface area contributed by atoms with Crippen molar-refractivity contribution in [2.24, 2.45) is 0 Å². The number of carbonyl (C=O) groups is 2. The number of hydrogen-bond acceptors (Lipinski definition) is 4. The summed E-state index contributed by atoms with van der Waals surface area (Å²) in [5.74, 6) is -0.700. The minimum Gasteiger partial charge on any atom is -0.354 e. The molecule has 7 nitrogen and oxygen atoms in total. The highest BCUT2D eigenvalue weighted by Gasteiger charge is 2.31. The lowest BCUT2D eigenvalue weighted by atomic mass is 10.1. The van der Waals surface area contributed by atoms with Gasteiger partial charge in [0.1, 0.15) is 6.04 Å². The predicted octanol–water partition coefficient (Wildman–Crippen LogP) is 3.29. The first-order valence-corrected chi connectivity index (χ1v) is 12.4. The summed E-state index contributed by atoms with van der Waals surface area (Å²) in [6.45, 7) is 4.09. The van der Waals surface area contributed by atoms with E-state index in [1.165, 1.54) is 36.2 Å². The summed E-state index contributed by atoms with van der Waals surface area (Å²) in [5, 5.41) is 3.26. The molecule has 0 bridgehead atoms. The van der Waals surface area contributed by atoms with Crippen molar-refractivity contribution in [3.63, 3.8) is 0 Å². The van der Waals surface area contributed by atoms with Gasteiger partial charge >= 0.3 is 0 Å². The van der Waals surface area contributed by atoms with Crippen molar-refractivity contribution in [1.29, 1.82) is 0 Å². The monoisotopic (exact) mass is 479 g/mol. The van der Waals surface area contributed by atoms with E-state index in [9.17, 15) is 18.0 Å². The zero-order valence-corrected chi connectivity index (χ0v) is 20.2. The number of amides is 2. The molecule has 2 aromatic rings. The van der Waals surface area contributed by atoms with Gasteiger partial charge in [-0.2, -0.15) is 4.31 Å². The molecular formula is C23H30ClN3O4S. The zero-order valence-electron chi connectivity index (χ0n) is 18.6. The number of benzene rings is 2. The van der Waals surface area contributed by atoms with Crippen LogP contribution in [0.4, 0.5) is 0 Å². The van der Waals surface area contributed by atoms with E-state index in [1.54, 1.807) is 0 Å². The summed E-state index contributed by atoms with van der Waals surface area (Å²) < 4.78 is 26.8. The van der Waals surface area contributed by atoms with Crippen LogP contribution in [0.5, 0.6) is 0 Å². The van der Waals surface area contributed by atoms with Crippen LogP contribution < -0.4 is 5.32 Å². The van der Waals surface area contributed by atoms with Gasteiger partial charge in [-0.05, 0) is 42.7 Å². The van der Waals surface area contributed by atoms with Gasteiger partial charge in [-0.1, -0.05) is 55.8 Å². The third-order valence-corrected chi connectivity index (χ3v) is 7.08. The molecule has 0 fully saturated rings. The molecule has 2 rings (SSSR count). The van der Waals surface area contributed by atoms with Crippen LogP contribution in [0.25, 0.3) is 0 Å². The summed E-state index contributed by atoms with van der Waals surface area (Å²) in [7, 11) is -2.55. The second-order valence-electron chi connectivity index (χ2n) is 7.44. The van der Waals surface area contributed by atoms with Gasteiger partial charge in [-0.15, -0.1) is 0 Å². The molecule has 0 radical (unpaired) electrons. The van der Waals surface area contributed by atoms with E-state index < -0.39 is 28.5 Å². The molecular weight excluding hydrogens is 450 g/mol. The van der Waals surface area contributed by atoms with Crippen molar-refractivity contribution >= 4 is 33.4 Å². The van der Waals surface area contributed by atoms with Gasteiger partial charge in [0.15, 0.2) is 0 Å². The Morgan fingerprint density at radius 1 is 1.03 bits per heavy atom. The summed E-state index contributed by atoms with van der Waals surface area (Å²) in [4.78, 5) is 27.5. The molecule has 0 aliphatic heterocycles. The third kappa shape index (κ3) is 6.79. The predicted molar refractivity (Wildman–Crippen MR) is 126 cm³/mol. The molecule has 1 atom stereocenters. The summed E-state index contributed by atoms with van der Waals surface area (Å²) in [6, 6.07) is 14.4. The van der Waals surface area contributed by atoms with Crippen molar-refractivity contribution in [2.75, 3.05) is 20.1 Å². The fourth-order valence-electron chi connectivity index (χ4n) is 3.22. The maximum atomic E-state index is 13.3. The van der Waals surface area contributed by atoms with Crippen LogP contribution in [-0.4, -0.2) is 55.6 Å². The number of likely N-dealkylation sites (N-methyl/N-ethyl adjacent to an activating group) is 1. The smallest absolute Gasteiger partial charge is 0.243 e. The molecule has 0 saturated heterocycles. The molecule has 9 heteroatoms. The quantitative estimate of drug-likeness (QED) is 0.535. The minimum atomic E-state index is -3.90. The third-order valence-electron chi connectivity index (χ3n) is 5.01. The van der Waals surface area contributed by atoms with Gasteiger partial charge in [-0.25, -0.2) is 8.42 Å². The first-order chi connectivity index (χ1) is 15.2. The van der Waals surface area contributed by atoms with Crippen molar-refractivity contribution in [3.05, 3.63) is 65.2 Å². The van der Waals surface area contributed by atoms with Crippen molar-refractivity contribution in [3.8, 4) is 0 Å². The maximum absolute atomic E-state index is 13.3. The molecule has 2 amide bonds. The first-order valence-electron chi connectivity index (χ1n) is 10.5. The van der Waals surface area contributed by atoms with E-state index in [-0.39, 0.29) is 17.3 Å². The van der Waals surface area contributed by atoms with Crippen molar-refractivity contribution < 1.29 is 18.0 Å². The van der Waals surface area contributed by atoms with E-state index in [4.69, 9.17) is 11.6 Å². The Labute approximate surface area is 195 Å². The fraction of sp³-hybridized carbons (Fsp3) is 0.391. The van der Waals surface area contributed by atoms with Gasteiger partial charge in [-0.3, -0.25) is 9.59 Å². The van der Waals surface area contributed by atoms with Gasteiger partial charge < -0.3 is 10.2 Å². The van der Waals surface area contributed by atoms with Crippen LogP contribution in [-0.2, 0) is 26.2 Å². The van der Waals surface area contributed by atoms with Crippen LogP contribution >= 0.6 is 11.6 Å². The minimum absolute atomic E-state index is 0.0412. The molecule has 0 aliphatic rings. The highest BCUT2D eigenvalue weighted by molar-refractivity contribution is 7.89. The second kappa shape index (κ2) is 12.0. The normalized spacial score (nSPS) is 12.4. The highest BCUT2D eigenvalue weighted by atomic mass is 35.5. The van der Waals surface area contributed by atoms with Gasteiger partial charge in [0, 0.05) is 25.2 Å². The lowest BCUT2D eigenvalue weighted by molar-refractivity contribution is -0.141. The molecule has 0 saturated carbocycles. The highest BCUT2D eigenvalue weighted by Crippen LogP contribution is 2.19. The molecule has 0 heterocycles. The van der Waals surface area contributed by atoms with E-state index in [0.29, 0.717) is 18.0 Å². The Morgan fingerprint density at radius 3 is 2.22 bits per heavy atom. The largest absolute Gasteiger partial charge is 0.354 e. The number of rotatable bonds is 11. The first kappa shape index (κ1) is 25.8. The zero-order chi connectivity index (χ0) is 23.7. The van der Waals surface area contributed by atoms with E-state index in [1.807, 2.05) is 44.2 Å². The Hall–Kier alpha value is -2.42. The van der Waals surface area contributed by atoms with Crippen molar-refractivity contribution in [1.82, 2.24) is 14.5 Å². The van der Waals surface area contributed by atoms with E-state index in [0.717, 1.165) is 16.3 Å². The van der Waals surface area contributed by atoms with Crippen LogP contribution in [0.15, 0.2) is 59.5 Å². The Bertz CT molecular complexity index is 998. The van der Waals surface area contributed by atoms with Crippen LogP contribution in [0, 0.1) is 0 Å². The fourth-order valence-corrected chi connectivity index (χ4v) is 4.46. The molecule has 32 heavy (non-hydrogen) atoms. The van der Waals surface area contributed by atoms with Crippen LogP contribution in [0.3, 0.4) is 0 Å². The Balaban J connectivity index is 2.27. The van der Waals surface area contributed by atoms with Gasteiger partial charge in [0.25, 0.3) is 0 Å². The number of nitrogens with zero attached hydrogens (tertiary/aromatic N) is 2. The molecule has 2 aromatic carbocycles. The molecule has 0 unspecified atom stereocenters. The number of halogens is 1. The summed E-state index contributed by atoms with van der Waals surface area (Å²) in [6.07, 6.45) is 1.18. The second-order valence-corrected chi connectivity index (χ2v) is 9.92. The van der Waals surface area contributed by atoms with Crippen LogP contribution in [0.2, 0.25) is 5.02 Å². The molecule has 174 valence electrons. The van der Waals surface area contributed by atoms with E-state index >= 15 is 0 Å².